The van der Waals surface area contributed by atoms with Gasteiger partial charge in [0.05, 0.1) is 24.8 Å². The molecule has 0 radical (unpaired) electrons. The first kappa shape index (κ1) is 18.9. The molecule has 8 nitrogen and oxygen atoms in total. The molecule has 1 aromatic carbocycles. The Labute approximate surface area is 146 Å². The maximum Gasteiger partial charge on any atom is 0.339 e. The number of aliphatic carboxylic acids is 1. The van der Waals surface area contributed by atoms with Gasteiger partial charge in [-0.2, -0.15) is 0 Å². The van der Waals surface area contributed by atoms with Crippen LogP contribution in [-0.2, 0) is 14.3 Å². The number of carbonyl (C=O) groups excluding carboxylic acids is 2. The van der Waals surface area contributed by atoms with Crippen molar-refractivity contribution in [3.8, 4) is 0 Å². The second kappa shape index (κ2) is 8.59. The summed E-state index contributed by atoms with van der Waals surface area (Å²) in [7, 11) is 3.23. The Morgan fingerprint density at radius 2 is 1.84 bits per heavy atom. The van der Waals surface area contributed by atoms with Gasteiger partial charge in [0.15, 0.2) is 0 Å². The zero-order chi connectivity index (χ0) is 18.4. The first-order valence-electron chi connectivity index (χ1n) is 8.05. The van der Waals surface area contributed by atoms with E-state index < -0.39 is 23.9 Å². The molecule has 1 amide bonds. The van der Waals surface area contributed by atoms with Crippen LogP contribution in [0.4, 0.5) is 5.69 Å². The summed E-state index contributed by atoms with van der Waals surface area (Å²) in [6, 6.07) is 5.56. The molecule has 1 unspecified atom stereocenters. The summed E-state index contributed by atoms with van der Waals surface area (Å²) >= 11 is 0. The first-order valence-corrected chi connectivity index (χ1v) is 8.05. The summed E-state index contributed by atoms with van der Waals surface area (Å²) in [4.78, 5) is 39.6. The van der Waals surface area contributed by atoms with Crippen molar-refractivity contribution in [1.82, 2.24) is 9.80 Å². The van der Waals surface area contributed by atoms with Gasteiger partial charge in [0.1, 0.15) is 6.04 Å². The maximum absolute atomic E-state index is 12.3. The Kier molecular flexibility index (Phi) is 6.49. The third kappa shape index (κ3) is 5.01. The highest BCUT2D eigenvalue weighted by molar-refractivity contribution is 6.02. The molecule has 1 aromatic rings. The third-order valence-corrected chi connectivity index (χ3v) is 4.25. The number of methoxy groups -OCH3 is 1. The van der Waals surface area contributed by atoms with E-state index in [1.54, 1.807) is 23.1 Å². The standard InChI is InChI=1S/C17H23N3O5/c1-19-7-9-20(10-8-19)14(16(22)23)11-15(21)18-13-6-4-3-5-12(13)17(24)25-2/h3-6,14H,7-11H2,1-2H3,(H,18,21)(H,22,23). The Bertz CT molecular complexity index is 641. The zero-order valence-corrected chi connectivity index (χ0v) is 14.4. The molecule has 1 heterocycles. The van der Waals surface area contributed by atoms with Crippen molar-refractivity contribution in [3.05, 3.63) is 29.8 Å². The van der Waals surface area contributed by atoms with Crippen LogP contribution in [0, 0.1) is 0 Å². The van der Waals surface area contributed by atoms with E-state index in [1.807, 2.05) is 7.05 Å². The van der Waals surface area contributed by atoms with Gasteiger partial charge >= 0.3 is 11.9 Å². The fourth-order valence-corrected chi connectivity index (χ4v) is 2.76. The summed E-state index contributed by atoms with van der Waals surface area (Å²) in [5, 5.41) is 12.1. The topological polar surface area (TPSA) is 99.2 Å². The van der Waals surface area contributed by atoms with Gasteiger partial charge in [0, 0.05) is 26.2 Å². The second-order valence-corrected chi connectivity index (χ2v) is 5.98. The van der Waals surface area contributed by atoms with Crippen molar-refractivity contribution < 1.29 is 24.2 Å². The van der Waals surface area contributed by atoms with Crippen molar-refractivity contribution >= 4 is 23.5 Å². The smallest absolute Gasteiger partial charge is 0.339 e. The molecule has 1 fully saturated rings. The Morgan fingerprint density at radius 3 is 2.44 bits per heavy atom. The summed E-state index contributed by atoms with van der Waals surface area (Å²) in [5.41, 5.74) is 0.534. The lowest BCUT2D eigenvalue weighted by Gasteiger charge is -2.35. The number of rotatable bonds is 6. The average molecular weight is 349 g/mol. The van der Waals surface area contributed by atoms with Gasteiger partial charge in [-0.1, -0.05) is 12.1 Å². The number of piperazine rings is 1. The molecule has 1 saturated heterocycles. The fourth-order valence-electron chi connectivity index (χ4n) is 2.76. The molecule has 1 atom stereocenters. The first-order chi connectivity index (χ1) is 11.9. The van der Waals surface area contributed by atoms with E-state index in [-0.39, 0.29) is 12.0 Å². The summed E-state index contributed by atoms with van der Waals surface area (Å²) in [6.45, 7) is 2.71. The summed E-state index contributed by atoms with van der Waals surface area (Å²) in [6.07, 6.45) is -0.186. The van der Waals surface area contributed by atoms with Crippen LogP contribution >= 0.6 is 0 Å². The number of anilines is 1. The average Bonchev–Trinajstić information content (AvgIpc) is 2.60. The van der Waals surface area contributed by atoms with E-state index >= 15 is 0 Å². The Hall–Kier alpha value is -2.45. The van der Waals surface area contributed by atoms with Crippen molar-refractivity contribution in [2.45, 2.75) is 12.5 Å². The van der Waals surface area contributed by atoms with Gasteiger partial charge < -0.3 is 20.1 Å². The molecule has 0 aromatic heterocycles. The molecule has 0 saturated carbocycles. The normalized spacial score (nSPS) is 16.9. The lowest BCUT2D eigenvalue weighted by Crippen LogP contribution is -2.52. The number of likely N-dealkylation sites (N-methyl/N-ethyl adjacent to an activating group) is 1. The van der Waals surface area contributed by atoms with Crippen LogP contribution in [0.5, 0.6) is 0 Å². The number of nitrogens with zero attached hydrogens (tertiary/aromatic N) is 2. The number of para-hydroxylation sites is 1. The van der Waals surface area contributed by atoms with Gasteiger partial charge in [-0.15, -0.1) is 0 Å². The second-order valence-electron chi connectivity index (χ2n) is 5.98. The number of benzene rings is 1. The van der Waals surface area contributed by atoms with Crippen LogP contribution in [0.25, 0.3) is 0 Å². The molecular weight excluding hydrogens is 326 g/mol. The highest BCUT2D eigenvalue weighted by Crippen LogP contribution is 2.17. The number of hydrogen-bond acceptors (Lipinski definition) is 6. The fraction of sp³-hybridized carbons (Fsp3) is 0.471. The van der Waals surface area contributed by atoms with Gasteiger partial charge in [-0.25, -0.2) is 4.79 Å². The predicted octanol–water partition coefficient (Wildman–Crippen LogP) is 0.502. The minimum absolute atomic E-state index is 0.186. The maximum atomic E-state index is 12.3. The number of amides is 1. The minimum atomic E-state index is -1.03. The van der Waals surface area contributed by atoms with E-state index in [9.17, 15) is 19.5 Å². The zero-order valence-electron chi connectivity index (χ0n) is 14.4. The predicted molar refractivity (Wildman–Crippen MR) is 91.5 cm³/mol. The van der Waals surface area contributed by atoms with Gasteiger partial charge in [0.2, 0.25) is 5.91 Å². The van der Waals surface area contributed by atoms with Crippen LogP contribution in [0.15, 0.2) is 24.3 Å². The van der Waals surface area contributed by atoms with Crippen molar-refractivity contribution in [2.24, 2.45) is 0 Å². The largest absolute Gasteiger partial charge is 0.480 e. The lowest BCUT2D eigenvalue weighted by atomic mass is 10.1. The number of carboxylic acid groups (broad SMARTS) is 1. The lowest BCUT2D eigenvalue weighted by molar-refractivity contribution is -0.145. The number of ether oxygens (including phenoxy) is 1. The quantitative estimate of drug-likeness (QED) is 0.722. The number of carboxylic acids is 1. The van der Waals surface area contributed by atoms with Crippen LogP contribution in [0.3, 0.4) is 0 Å². The highest BCUT2D eigenvalue weighted by atomic mass is 16.5. The SMILES string of the molecule is COC(=O)c1ccccc1NC(=O)CC(C(=O)O)N1CCN(C)CC1. The molecular formula is C17H23N3O5. The number of esters is 1. The van der Waals surface area contributed by atoms with E-state index in [1.165, 1.54) is 13.2 Å². The van der Waals surface area contributed by atoms with E-state index in [0.29, 0.717) is 18.8 Å². The van der Waals surface area contributed by atoms with E-state index in [2.05, 4.69) is 15.0 Å². The number of nitrogens with one attached hydrogen (secondary N) is 1. The van der Waals surface area contributed by atoms with Crippen molar-refractivity contribution in [1.29, 1.82) is 0 Å². The van der Waals surface area contributed by atoms with Crippen LogP contribution in [0.2, 0.25) is 0 Å². The van der Waals surface area contributed by atoms with E-state index in [4.69, 9.17) is 0 Å². The number of carbonyl (C=O) groups is 3. The van der Waals surface area contributed by atoms with Crippen LogP contribution < -0.4 is 5.32 Å². The van der Waals surface area contributed by atoms with Crippen molar-refractivity contribution in [2.75, 3.05) is 45.7 Å². The molecule has 2 rings (SSSR count). The molecule has 25 heavy (non-hydrogen) atoms. The summed E-state index contributed by atoms with van der Waals surface area (Å²) in [5.74, 6) is -2.05. The molecule has 0 spiro atoms. The summed E-state index contributed by atoms with van der Waals surface area (Å²) < 4.78 is 4.69. The van der Waals surface area contributed by atoms with Gasteiger partial charge in [-0.3, -0.25) is 14.5 Å². The molecule has 0 bridgehead atoms. The van der Waals surface area contributed by atoms with Crippen LogP contribution in [0.1, 0.15) is 16.8 Å². The molecule has 8 heteroatoms. The molecule has 1 aliphatic rings. The number of hydrogen-bond donors (Lipinski definition) is 2. The molecule has 136 valence electrons. The highest BCUT2D eigenvalue weighted by Gasteiger charge is 2.30. The third-order valence-electron chi connectivity index (χ3n) is 4.25. The van der Waals surface area contributed by atoms with E-state index in [0.717, 1.165) is 13.1 Å². The molecule has 0 aliphatic carbocycles. The monoisotopic (exact) mass is 349 g/mol. The Balaban J connectivity index is 2.05. The Morgan fingerprint density at radius 1 is 1.20 bits per heavy atom. The van der Waals surface area contributed by atoms with Gasteiger partial charge in [-0.05, 0) is 19.2 Å². The van der Waals surface area contributed by atoms with Crippen molar-refractivity contribution in [3.63, 3.8) is 0 Å². The molecule has 2 N–H and O–H groups in total. The van der Waals surface area contributed by atoms with Gasteiger partial charge in [0.25, 0.3) is 0 Å². The molecule has 1 aliphatic heterocycles. The minimum Gasteiger partial charge on any atom is -0.480 e. The van der Waals surface area contributed by atoms with Crippen LogP contribution in [-0.4, -0.2) is 79.1 Å².